The molecule has 12 heteroatoms. The second-order valence-electron chi connectivity index (χ2n) is 12.8. The van der Waals surface area contributed by atoms with E-state index in [1.165, 1.54) is 96.3 Å². The van der Waals surface area contributed by atoms with Gasteiger partial charge in [0.05, 0.1) is 85.0 Å². The molecule has 0 aliphatic rings. The van der Waals surface area contributed by atoms with Crippen molar-refractivity contribution >= 4 is 7.68 Å². The summed E-state index contributed by atoms with van der Waals surface area (Å²) in [5.41, 5.74) is 1.89. The van der Waals surface area contributed by atoms with Crippen molar-refractivity contribution in [3.63, 3.8) is 0 Å². The predicted molar refractivity (Wildman–Crippen MR) is 198 cm³/mol. The number of ether oxygens (including phenoxy) is 5. The first-order chi connectivity index (χ1) is 24.5. The molecule has 1 unspecified atom stereocenters. The van der Waals surface area contributed by atoms with Gasteiger partial charge in [-0.05, 0) is 31.0 Å². The van der Waals surface area contributed by atoms with Gasteiger partial charge in [-0.3, -0.25) is 4.57 Å². The van der Waals surface area contributed by atoms with Crippen LogP contribution in [0.1, 0.15) is 128 Å². The number of aromatic nitrogens is 3. The lowest BCUT2D eigenvalue weighted by Gasteiger charge is -2.09. The number of nitrogens with zero attached hydrogens (tertiary/aromatic N) is 3. The van der Waals surface area contributed by atoms with Gasteiger partial charge in [0.1, 0.15) is 11.4 Å². The van der Waals surface area contributed by atoms with Gasteiger partial charge >= 0.3 is 7.68 Å². The lowest BCUT2D eigenvalue weighted by atomic mass is 10.0. The van der Waals surface area contributed by atoms with Crippen LogP contribution in [0.25, 0.3) is 0 Å². The van der Waals surface area contributed by atoms with Crippen LogP contribution in [-0.4, -0.2) is 80.6 Å². The fraction of sp³-hybridized carbons (Fsp3) is 0.789. The minimum atomic E-state index is -4.03. The molecule has 0 bridgehead atoms. The first-order valence-electron chi connectivity index (χ1n) is 19.4. The topological polar surface area (TPSA) is 103 Å². The Hall–Kier alpha value is -1.88. The molecule has 0 N–H and O–H groups in total. The van der Waals surface area contributed by atoms with E-state index in [0.717, 1.165) is 30.0 Å². The molecule has 288 valence electrons. The third kappa shape index (κ3) is 25.1. The Morgan fingerprint density at radius 1 is 0.640 bits per heavy atom. The fourth-order valence-electron chi connectivity index (χ4n) is 5.47. The van der Waals surface area contributed by atoms with Crippen molar-refractivity contribution in [3.05, 3.63) is 41.7 Å². The normalized spacial score (nSPS) is 12.8. The summed E-state index contributed by atoms with van der Waals surface area (Å²) < 4.78 is 58.8. The van der Waals surface area contributed by atoms with E-state index >= 15 is 0 Å². The summed E-state index contributed by atoms with van der Waals surface area (Å²) in [5.74, 6) is 0.909. The van der Waals surface area contributed by atoms with Gasteiger partial charge in [-0.1, -0.05) is 121 Å². The Morgan fingerprint density at radius 2 is 1.14 bits per heavy atom. The fourth-order valence-corrected chi connectivity index (χ4v) is 6.33. The number of hydrogen-bond acceptors (Lipinski definition) is 9. The molecule has 0 saturated heterocycles. The third-order valence-corrected chi connectivity index (χ3v) is 9.67. The summed E-state index contributed by atoms with van der Waals surface area (Å²) in [5, 5.41) is 8.41. The molecule has 0 aliphatic carbocycles. The highest BCUT2D eigenvalue weighted by molar-refractivity contribution is 7.53. The minimum Gasteiger partial charge on any atom is -0.494 e. The maximum absolute atomic E-state index is 13.4. The molecule has 2 aromatic rings. The Balaban J connectivity index is 1.37. The van der Waals surface area contributed by atoms with E-state index in [9.17, 15) is 8.76 Å². The lowest BCUT2D eigenvalue weighted by molar-refractivity contribution is -0.00326. The van der Waals surface area contributed by atoms with E-state index in [1.807, 2.05) is 18.3 Å². The minimum absolute atomic E-state index is 0.0287. The molecule has 1 heterocycles. The molecule has 0 amide bonds. The van der Waals surface area contributed by atoms with E-state index < -0.39 is 7.68 Å². The molecule has 50 heavy (non-hydrogen) atoms. The summed E-state index contributed by atoms with van der Waals surface area (Å²) in [4.78, 5) is 0. The van der Waals surface area contributed by atoms with Crippen LogP contribution in [0, 0.1) is 0 Å². The molecular weight excluding hydrogens is 660 g/mol. The average Bonchev–Trinajstić information content (AvgIpc) is 3.55. The molecular formula is C38H67FN3O7P. The summed E-state index contributed by atoms with van der Waals surface area (Å²) in [7, 11) is -4.03. The van der Waals surface area contributed by atoms with Gasteiger partial charge in [-0.15, -0.1) is 5.10 Å². The van der Waals surface area contributed by atoms with Gasteiger partial charge < -0.3 is 28.2 Å². The quantitative estimate of drug-likeness (QED) is 0.0501. The maximum Gasteiger partial charge on any atom is 0.369 e. The number of benzene rings is 1. The zero-order valence-corrected chi connectivity index (χ0v) is 32.1. The molecule has 0 aliphatic heterocycles. The predicted octanol–water partition coefficient (Wildman–Crippen LogP) is 9.73. The van der Waals surface area contributed by atoms with Crippen molar-refractivity contribution in [2.24, 2.45) is 0 Å². The van der Waals surface area contributed by atoms with E-state index in [4.69, 9.17) is 23.7 Å². The number of unbranched alkanes of at least 4 members (excludes halogenated alkanes) is 15. The number of hydrogen-bond donors (Lipinski definition) is 0. The van der Waals surface area contributed by atoms with Crippen LogP contribution < -0.4 is 4.74 Å². The average molecular weight is 728 g/mol. The highest BCUT2D eigenvalue weighted by atomic mass is 31.2. The highest BCUT2D eigenvalue weighted by Crippen LogP contribution is 2.47. The van der Waals surface area contributed by atoms with E-state index in [1.54, 1.807) is 11.6 Å². The molecule has 1 aromatic heterocycles. The second-order valence-corrected chi connectivity index (χ2v) is 14.7. The van der Waals surface area contributed by atoms with Crippen LogP contribution in [0.5, 0.6) is 5.75 Å². The lowest BCUT2D eigenvalue weighted by Crippen LogP contribution is -2.12. The van der Waals surface area contributed by atoms with Gasteiger partial charge in [0.2, 0.25) is 0 Å². The summed E-state index contributed by atoms with van der Waals surface area (Å²) >= 11 is 0. The van der Waals surface area contributed by atoms with Crippen LogP contribution in [-0.2, 0) is 41.2 Å². The first-order valence-corrected chi connectivity index (χ1v) is 21.1. The van der Waals surface area contributed by atoms with Crippen LogP contribution in [0.4, 0.5) is 4.20 Å². The molecule has 0 radical (unpaired) electrons. The van der Waals surface area contributed by atoms with Gasteiger partial charge in [0.25, 0.3) is 0 Å². The van der Waals surface area contributed by atoms with Gasteiger partial charge in [-0.2, -0.15) is 4.20 Å². The molecule has 0 fully saturated rings. The SMILES string of the molecule is CCCCCCCCCCCCCCCCCCOc1ccc(Cn2cc(COCCOCCOCCOCCP(=O)(F)OCC)nn2)cc1. The standard InChI is InChI=1S/C38H67FN3O7P/c1-3-5-6-7-8-9-10-11-12-13-14-15-16-17-18-19-24-48-38-22-20-36(21-23-38)33-42-34-37(40-41-42)35-47-30-29-45-26-25-44-27-28-46-31-32-50(39,43)49-4-2/h20-23,34H,3-19,24-33,35H2,1-2H3. The van der Waals surface area contributed by atoms with Crippen molar-refractivity contribution in [1.29, 1.82) is 0 Å². The smallest absolute Gasteiger partial charge is 0.369 e. The van der Waals surface area contributed by atoms with Crippen molar-refractivity contribution < 1.29 is 37.0 Å². The van der Waals surface area contributed by atoms with Crippen LogP contribution in [0.3, 0.4) is 0 Å². The second kappa shape index (κ2) is 30.7. The number of halogens is 1. The largest absolute Gasteiger partial charge is 0.494 e. The monoisotopic (exact) mass is 727 g/mol. The zero-order chi connectivity index (χ0) is 35.8. The third-order valence-electron chi connectivity index (χ3n) is 8.31. The maximum atomic E-state index is 13.4. The van der Waals surface area contributed by atoms with Crippen molar-refractivity contribution in [3.8, 4) is 5.75 Å². The van der Waals surface area contributed by atoms with E-state index in [-0.39, 0.29) is 26.0 Å². The Labute approximate surface area is 302 Å². The summed E-state index contributed by atoms with van der Waals surface area (Å²) in [6.07, 6.45) is 23.6. The van der Waals surface area contributed by atoms with Gasteiger partial charge in [0.15, 0.2) is 0 Å². The Bertz CT molecular complexity index is 1090. The Morgan fingerprint density at radius 3 is 1.68 bits per heavy atom. The molecule has 10 nitrogen and oxygen atoms in total. The van der Waals surface area contributed by atoms with Crippen LogP contribution in [0.15, 0.2) is 30.5 Å². The van der Waals surface area contributed by atoms with Gasteiger partial charge in [0, 0.05) is 0 Å². The summed E-state index contributed by atoms with van der Waals surface area (Å²) in [6.45, 7) is 8.08. The zero-order valence-electron chi connectivity index (χ0n) is 31.2. The molecule has 1 atom stereocenters. The van der Waals surface area contributed by atoms with Crippen molar-refractivity contribution in [2.75, 3.05) is 65.6 Å². The van der Waals surface area contributed by atoms with E-state index in [0.29, 0.717) is 46.2 Å². The van der Waals surface area contributed by atoms with Crippen LogP contribution in [0.2, 0.25) is 0 Å². The summed E-state index contributed by atoms with van der Waals surface area (Å²) in [6, 6.07) is 8.20. The van der Waals surface area contributed by atoms with Gasteiger partial charge in [-0.25, -0.2) is 4.68 Å². The van der Waals surface area contributed by atoms with E-state index in [2.05, 4.69) is 33.9 Å². The Kier molecular flexibility index (Phi) is 27.2. The highest BCUT2D eigenvalue weighted by Gasteiger charge is 2.20. The van der Waals surface area contributed by atoms with Crippen molar-refractivity contribution in [2.45, 2.75) is 130 Å². The molecule has 2 rings (SSSR count). The molecule has 0 spiro atoms. The molecule has 1 aromatic carbocycles. The van der Waals surface area contributed by atoms with Crippen LogP contribution >= 0.6 is 7.68 Å². The number of rotatable bonds is 36. The first kappa shape index (κ1) is 44.3. The molecule has 0 saturated carbocycles. The van der Waals surface area contributed by atoms with Crippen molar-refractivity contribution in [1.82, 2.24) is 15.0 Å².